The Balaban J connectivity index is 1.42. The smallest absolute Gasteiger partial charge is 0.129 e. The van der Waals surface area contributed by atoms with Crippen molar-refractivity contribution in [2.75, 3.05) is 0 Å². The monoisotopic (exact) mass is 364 g/mol. The fourth-order valence-corrected chi connectivity index (χ4v) is 6.05. The Hall–Kier alpha value is -0.703. The minimum Gasteiger partial charge on any atom is -0.207 e. The van der Waals surface area contributed by atoms with Crippen LogP contribution in [0.2, 0.25) is 6.04 Å². The number of hydrogen-bond donors (Lipinski definition) is 0. The minimum absolute atomic E-state index is 0.143. The van der Waals surface area contributed by atoms with Gasteiger partial charge in [-0.15, -0.1) is 0 Å². The van der Waals surface area contributed by atoms with E-state index in [4.69, 9.17) is 0 Å². The van der Waals surface area contributed by atoms with Crippen LogP contribution in [0.5, 0.6) is 0 Å². The van der Waals surface area contributed by atoms with Gasteiger partial charge in [0.1, 0.15) is 11.6 Å². The van der Waals surface area contributed by atoms with Gasteiger partial charge in [0.05, 0.1) is 0 Å². The molecule has 2 aliphatic rings. The van der Waals surface area contributed by atoms with E-state index in [9.17, 15) is 8.78 Å². The van der Waals surface area contributed by atoms with E-state index in [0.29, 0.717) is 0 Å². The lowest BCUT2D eigenvalue weighted by Crippen LogP contribution is -2.26. The van der Waals surface area contributed by atoms with Gasteiger partial charge in [-0.05, 0) is 86.8 Å². The van der Waals surface area contributed by atoms with Crippen LogP contribution in [0.4, 0.5) is 8.78 Å². The molecule has 0 nitrogen and oxygen atoms in total. The molecule has 0 aliphatic heterocycles. The molecule has 2 fully saturated rings. The molecule has 1 aromatic rings. The highest BCUT2D eigenvalue weighted by Crippen LogP contribution is 2.42. The van der Waals surface area contributed by atoms with Gasteiger partial charge in [0.15, 0.2) is 0 Å². The summed E-state index contributed by atoms with van der Waals surface area (Å²) >= 11 is 0. The number of benzene rings is 1. The lowest BCUT2D eigenvalue weighted by atomic mass is 9.69. The van der Waals surface area contributed by atoms with Crippen molar-refractivity contribution in [1.82, 2.24) is 0 Å². The second kappa shape index (κ2) is 8.79. The number of aryl methyl sites for hydroxylation is 1. The average molecular weight is 365 g/mol. The zero-order valence-corrected chi connectivity index (χ0v) is 18.0. The van der Waals surface area contributed by atoms with Crippen LogP contribution in [-0.4, -0.2) is 10.2 Å². The van der Waals surface area contributed by atoms with Crippen molar-refractivity contribution < 1.29 is 8.78 Å². The molecular weight excluding hydrogens is 330 g/mol. The molecule has 3 heteroatoms. The molecule has 1 aromatic carbocycles. The molecule has 0 amide bonds. The van der Waals surface area contributed by atoms with Crippen molar-refractivity contribution in [3.8, 4) is 0 Å². The van der Waals surface area contributed by atoms with Crippen molar-refractivity contribution in [3.05, 3.63) is 34.9 Å². The van der Waals surface area contributed by atoms with E-state index < -0.39 is 11.6 Å². The van der Waals surface area contributed by atoms with Gasteiger partial charge >= 0.3 is 0 Å². The third kappa shape index (κ3) is 4.93. The molecule has 0 atom stereocenters. The summed E-state index contributed by atoms with van der Waals surface area (Å²) in [6, 6.07) is 4.55. The van der Waals surface area contributed by atoms with Crippen molar-refractivity contribution in [3.63, 3.8) is 0 Å². The highest BCUT2D eigenvalue weighted by Gasteiger charge is 2.30. The largest absolute Gasteiger partial charge is 0.207 e. The maximum absolute atomic E-state index is 13.7. The quantitative estimate of drug-likeness (QED) is 0.596. The van der Waals surface area contributed by atoms with Gasteiger partial charge in [0.2, 0.25) is 0 Å². The molecule has 0 saturated heterocycles. The van der Waals surface area contributed by atoms with Crippen LogP contribution in [0.3, 0.4) is 0 Å². The molecule has 0 heterocycles. The summed E-state index contributed by atoms with van der Waals surface area (Å²) in [7, 11) is 1.37. The van der Waals surface area contributed by atoms with Gasteiger partial charge in [-0.1, -0.05) is 31.7 Å². The molecule has 140 valence electrons. The van der Waals surface area contributed by atoms with Crippen LogP contribution in [0.15, 0.2) is 12.1 Å². The highest BCUT2D eigenvalue weighted by molar-refractivity contribution is 6.08. The number of halogens is 2. The van der Waals surface area contributed by atoms with E-state index in [2.05, 4.69) is 0 Å². The molecule has 0 aromatic heterocycles. The van der Waals surface area contributed by atoms with E-state index in [-0.39, 0.29) is 5.56 Å². The third-order valence-corrected chi connectivity index (χ3v) is 8.36. The molecule has 0 unspecified atom stereocenters. The van der Waals surface area contributed by atoms with E-state index >= 15 is 0 Å². The Kier molecular flexibility index (Phi) is 6.71. The topological polar surface area (TPSA) is 0 Å². The lowest BCUT2D eigenvalue weighted by Gasteiger charge is -2.37. The lowest BCUT2D eigenvalue weighted by molar-refractivity contribution is 0.148. The summed E-state index contributed by atoms with van der Waals surface area (Å²) < 4.78 is 27.4. The Morgan fingerprint density at radius 1 is 0.840 bits per heavy atom. The third-order valence-electron chi connectivity index (χ3n) is 7.21. The molecule has 2 saturated carbocycles. The summed E-state index contributed by atoms with van der Waals surface area (Å²) in [6.07, 6.45) is 13.2. The standard InChI is InChI=1S/C22H34F2Si/c1-15-21(23)12-18(13-22(15)24)3-2-16-4-8-19(9-5-16)20-10-6-17(14-25)7-11-20/h12-13,16-17,19-20H,2-11,14H2,1,25H3. The Bertz CT molecular complexity index is 532. The molecule has 3 rings (SSSR count). The van der Waals surface area contributed by atoms with Gasteiger partial charge < -0.3 is 0 Å². The van der Waals surface area contributed by atoms with E-state index in [1.165, 1.54) is 86.7 Å². The van der Waals surface area contributed by atoms with Gasteiger partial charge in [-0.2, -0.15) is 0 Å². The number of hydrogen-bond acceptors (Lipinski definition) is 0. The molecule has 25 heavy (non-hydrogen) atoms. The van der Waals surface area contributed by atoms with Gasteiger partial charge in [0, 0.05) is 15.8 Å². The molecule has 0 spiro atoms. The Labute approximate surface area is 155 Å². The maximum Gasteiger partial charge on any atom is 0.129 e. The molecule has 0 bridgehead atoms. The predicted octanol–water partition coefficient (Wildman–Crippen LogP) is 5.60. The summed E-state index contributed by atoms with van der Waals surface area (Å²) in [5.41, 5.74) is 0.966. The average Bonchev–Trinajstić information content (AvgIpc) is 2.65. The van der Waals surface area contributed by atoms with Crippen molar-refractivity contribution in [2.45, 2.75) is 77.2 Å². The second-order valence-electron chi connectivity index (χ2n) is 8.69. The SMILES string of the molecule is Cc1c(F)cc(CCC2CCC(C3CCC(C[SiH3])CC3)CC2)cc1F. The first-order valence-electron chi connectivity index (χ1n) is 10.5. The van der Waals surface area contributed by atoms with E-state index in [1.54, 1.807) is 0 Å². The van der Waals surface area contributed by atoms with Crippen molar-refractivity contribution in [1.29, 1.82) is 0 Å². The highest BCUT2D eigenvalue weighted by atomic mass is 28.1. The fraction of sp³-hybridized carbons (Fsp3) is 0.727. The first kappa shape index (κ1) is 19.1. The molecular formula is C22H34F2Si. The molecule has 0 radical (unpaired) electrons. The summed E-state index contributed by atoms with van der Waals surface area (Å²) in [5.74, 6) is 2.95. The number of rotatable bonds is 5. The Morgan fingerprint density at radius 2 is 1.32 bits per heavy atom. The summed E-state index contributed by atoms with van der Waals surface area (Å²) in [5, 5.41) is 0. The van der Waals surface area contributed by atoms with Crippen molar-refractivity contribution >= 4 is 10.2 Å². The normalized spacial score (nSPS) is 30.5. The van der Waals surface area contributed by atoms with Crippen LogP contribution >= 0.6 is 0 Å². The minimum atomic E-state index is -0.399. The maximum atomic E-state index is 13.7. The fourth-order valence-electron chi connectivity index (χ4n) is 5.23. The van der Waals surface area contributed by atoms with E-state index in [1.807, 2.05) is 0 Å². The van der Waals surface area contributed by atoms with Crippen LogP contribution < -0.4 is 0 Å². The van der Waals surface area contributed by atoms with Gasteiger partial charge in [-0.25, -0.2) is 8.78 Å². The summed E-state index contributed by atoms with van der Waals surface area (Å²) in [4.78, 5) is 0. The van der Waals surface area contributed by atoms with Crippen LogP contribution in [0, 0.1) is 42.2 Å². The zero-order valence-electron chi connectivity index (χ0n) is 16.0. The molecule has 2 aliphatic carbocycles. The second-order valence-corrected chi connectivity index (χ2v) is 9.51. The van der Waals surface area contributed by atoms with Gasteiger partial charge in [0.25, 0.3) is 0 Å². The van der Waals surface area contributed by atoms with Crippen LogP contribution in [-0.2, 0) is 6.42 Å². The zero-order chi connectivity index (χ0) is 17.8. The first-order valence-corrected chi connectivity index (χ1v) is 11.9. The molecule has 0 N–H and O–H groups in total. The van der Waals surface area contributed by atoms with Crippen LogP contribution in [0.1, 0.15) is 68.9 Å². The Morgan fingerprint density at radius 3 is 1.80 bits per heavy atom. The van der Waals surface area contributed by atoms with Gasteiger partial charge in [-0.3, -0.25) is 0 Å². The summed E-state index contributed by atoms with van der Waals surface area (Å²) in [6.45, 7) is 1.51. The van der Waals surface area contributed by atoms with Crippen molar-refractivity contribution in [2.24, 2.45) is 23.7 Å². The van der Waals surface area contributed by atoms with Crippen LogP contribution in [0.25, 0.3) is 0 Å². The first-order chi connectivity index (χ1) is 12.1. The predicted molar refractivity (Wildman–Crippen MR) is 105 cm³/mol. The van der Waals surface area contributed by atoms with E-state index in [0.717, 1.165) is 42.1 Å².